The molecule has 0 unspecified atom stereocenters. The molecule has 0 saturated carbocycles. The van der Waals surface area contributed by atoms with Crippen molar-refractivity contribution in [2.24, 2.45) is 0 Å². The van der Waals surface area contributed by atoms with Crippen LogP contribution in [0.3, 0.4) is 0 Å². The average molecular weight is 475 g/mol. The third-order valence-electron chi connectivity index (χ3n) is 7.78. The average Bonchev–Trinajstić information content (AvgIpc) is 3.50. The summed E-state index contributed by atoms with van der Waals surface area (Å²) in [6.45, 7) is 0.629. The molecule has 0 bridgehead atoms. The van der Waals surface area contributed by atoms with Crippen LogP contribution in [0.25, 0.3) is 21.8 Å². The van der Waals surface area contributed by atoms with Crippen LogP contribution >= 0.6 is 0 Å². The fraction of sp³-hybridized carbons (Fsp3) is 0.200. The Balaban J connectivity index is 1.25. The largest absolute Gasteiger partial charge is 0.361 e. The molecule has 7 rings (SSSR count). The van der Waals surface area contributed by atoms with Crippen molar-refractivity contribution in [1.82, 2.24) is 19.8 Å². The van der Waals surface area contributed by atoms with Crippen molar-refractivity contribution in [3.8, 4) is 0 Å². The molecule has 1 fully saturated rings. The summed E-state index contributed by atoms with van der Waals surface area (Å²) in [5.41, 5.74) is 6.47. The number of aromatic nitrogens is 2. The molecular weight excluding hydrogens is 448 g/mol. The van der Waals surface area contributed by atoms with Crippen molar-refractivity contribution in [2.45, 2.75) is 24.9 Å². The first-order valence-corrected chi connectivity index (χ1v) is 12.5. The fourth-order valence-corrected chi connectivity index (χ4v) is 6.09. The lowest BCUT2D eigenvalue weighted by Crippen LogP contribution is -2.63. The van der Waals surface area contributed by atoms with Gasteiger partial charge < -0.3 is 19.8 Å². The van der Waals surface area contributed by atoms with Crippen molar-refractivity contribution >= 4 is 33.6 Å². The molecule has 2 N–H and O–H groups in total. The minimum Gasteiger partial charge on any atom is -0.361 e. The summed E-state index contributed by atoms with van der Waals surface area (Å²) >= 11 is 0. The summed E-state index contributed by atoms with van der Waals surface area (Å²) in [6.07, 6.45) is 3.24. The van der Waals surface area contributed by atoms with Crippen LogP contribution in [-0.4, -0.2) is 50.7 Å². The van der Waals surface area contributed by atoms with Gasteiger partial charge in [-0.25, -0.2) is 0 Å². The lowest BCUT2D eigenvalue weighted by atomic mass is 9.86. The summed E-state index contributed by atoms with van der Waals surface area (Å²) < 4.78 is 0. The Morgan fingerprint density at radius 2 is 1.56 bits per heavy atom. The highest BCUT2D eigenvalue weighted by molar-refractivity contribution is 5.97. The number of H-pyrrole nitrogens is 2. The molecule has 0 spiro atoms. The summed E-state index contributed by atoms with van der Waals surface area (Å²) in [7, 11) is 0. The number of piperazine rings is 1. The normalized spacial score (nSPS) is 19.7. The van der Waals surface area contributed by atoms with Crippen molar-refractivity contribution < 1.29 is 9.59 Å². The smallest absolute Gasteiger partial charge is 0.246 e. The first kappa shape index (κ1) is 21.0. The molecule has 4 heterocycles. The fourth-order valence-electron chi connectivity index (χ4n) is 6.09. The maximum atomic E-state index is 13.9. The Kier molecular flexibility index (Phi) is 4.74. The molecule has 6 heteroatoms. The van der Waals surface area contributed by atoms with E-state index in [1.165, 1.54) is 5.39 Å². The van der Waals surface area contributed by atoms with Crippen LogP contribution in [0.15, 0.2) is 85.1 Å². The van der Waals surface area contributed by atoms with Crippen molar-refractivity contribution in [2.75, 3.05) is 13.1 Å². The first-order chi connectivity index (χ1) is 17.7. The van der Waals surface area contributed by atoms with E-state index in [1.54, 1.807) is 4.90 Å². The number of hydrogen-bond donors (Lipinski definition) is 2. The second-order valence-corrected chi connectivity index (χ2v) is 9.77. The molecule has 2 aliphatic heterocycles. The Morgan fingerprint density at radius 3 is 2.39 bits per heavy atom. The van der Waals surface area contributed by atoms with E-state index in [-0.39, 0.29) is 24.4 Å². The first-order valence-electron chi connectivity index (χ1n) is 12.5. The SMILES string of the molecule is O=C1[C@@H]2Cc3c([nH]c4ccccc34)[C@@H](c3ccccc3)N2C(=O)CN1CCc1c[nH]c2ccccc12. The zero-order valence-corrected chi connectivity index (χ0v) is 19.8. The van der Waals surface area contributed by atoms with Crippen molar-refractivity contribution in [3.63, 3.8) is 0 Å². The quantitative estimate of drug-likeness (QED) is 0.400. The number of aromatic amines is 2. The highest BCUT2D eigenvalue weighted by atomic mass is 16.2. The van der Waals surface area contributed by atoms with Gasteiger partial charge >= 0.3 is 0 Å². The van der Waals surface area contributed by atoms with E-state index >= 15 is 0 Å². The van der Waals surface area contributed by atoms with Crippen LogP contribution in [0.4, 0.5) is 0 Å². The summed E-state index contributed by atoms with van der Waals surface area (Å²) in [5, 5.41) is 2.30. The predicted molar refractivity (Wildman–Crippen MR) is 140 cm³/mol. The molecule has 2 aromatic heterocycles. The van der Waals surface area contributed by atoms with E-state index in [0.29, 0.717) is 19.4 Å². The molecular formula is C30H26N4O2. The molecule has 2 atom stereocenters. The number of carbonyl (C=O) groups excluding carboxylic acids is 2. The Morgan fingerprint density at radius 1 is 0.833 bits per heavy atom. The predicted octanol–water partition coefficient (Wildman–Crippen LogP) is 4.58. The van der Waals surface area contributed by atoms with Crippen LogP contribution in [0.1, 0.15) is 28.4 Å². The van der Waals surface area contributed by atoms with Crippen LogP contribution in [0.5, 0.6) is 0 Å². The number of benzene rings is 3. The Hall–Kier alpha value is -4.32. The van der Waals surface area contributed by atoms with Gasteiger partial charge in [0.15, 0.2) is 0 Å². The summed E-state index contributed by atoms with van der Waals surface area (Å²) in [4.78, 5) is 38.0. The van der Waals surface area contributed by atoms with Crippen LogP contribution < -0.4 is 0 Å². The third-order valence-corrected chi connectivity index (χ3v) is 7.78. The van der Waals surface area contributed by atoms with Crippen LogP contribution in [0, 0.1) is 0 Å². The lowest BCUT2D eigenvalue weighted by molar-refractivity contribution is -0.158. The molecule has 5 aromatic rings. The topological polar surface area (TPSA) is 72.2 Å². The van der Waals surface area contributed by atoms with E-state index < -0.39 is 6.04 Å². The highest BCUT2D eigenvalue weighted by Gasteiger charge is 2.48. The van der Waals surface area contributed by atoms with E-state index in [1.807, 2.05) is 65.7 Å². The molecule has 0 radical (unpaired) electrons. The number of nitrogens with zero attached hydrogens (tertiary/aromatic N) is 2. The highest BCUT2D eigenvalue weighted by Crippen LogP contribution is 2.42. The minimum atomic E-state index is -0.508. The zero-order valence-electron chi connectivity index (χ0n) is 19.8. The molecule has 2 aliphatic rings. The zero-order chi connectivity index (χ0) is 24.2. The van der Waals surface area contributed by atoms with Gasteiger partial charge in [-0.1, -0.05) is 66.7 Å². The Bertz CT molecular complexity index is 1620. The maximum Gasteiger partial charge on any atom is 0.246 e. The number of rotatable bonds is 4. The maximum absolute atomic E-state index is 13.9. The van der Waals surface area contributed by atoms with Gasteiger partial charge in [0.25, 0.3) is 0 Å². The van der Waals surface area contributed by atoms with E-state index in [0.717, 1.165) is 38.8 Å². The Labute approximate surface area is 208 Å². The van der Waals surface area contributed by atoms with Crippen molar-refractivity contribution in [3.05, 3.63) is 107 Å². The lowest BCUT2D eigenvalue weighted by Gasteiger charge is -2.47. The number of amides is 2. The number of para-hydroxylation sites is 2. The minimum absolute atomic E-state index is 0.00307. The van der Waals surface area contributed by atoms with Gasteiger partial charge in [0.05, 0.1) is 12.6 Å². The van der Waals surface area contributed by atoms with Crippen molar-refractivity contribution in [1.29, 1.82) is 0 Å². The number of carbonyl (C=O) groups is 2. The van der Waals surface area contributed by atoms with Gasteiger partial charge in [-0.15, -0.1) is 0 Å². The van der Waals surface area contributed by atoms with Gasteiger partial charge in [-0.05, 0) is 35.2 Å². The third kappa shape index (κ3) is 3.18. The monoisotopic (exact) mass is 474 g/mol. The van der Waals surface area contributed by atoms with Crippen LogP contribution in [0.2, 0.25) is 0 Å². The molecule has 36 heavy (non-hydrogen) atoms. The van der Waals surface area contributed by atoms with Crippen LogP contribution in [-0.2, 0) is 22.4 Å². The van der Waals surface area contributed by atoms with Gasteiger partial charge in [0.2, 0.25) is 11.8 Å². The molecule has 1 saturated heterocycles. The summed E-state index contributed by atoms with van der Waals surface area (Å²) in [6, 6.07) is 25.6. The second-order valence-electron chi connectivity index (χ2n) is 9.77. The van der Waals surface area contributed by atoms with Gasteiger partial charge in [-0.2, -0.15) is 0 Å². The second kappa shape index (κ2) is 8.12. The molecule has 2 amide bonds. The number of nitrogens with one attached hydrogen (secondary N) is 2. The standard InChI is InChI=1S/C30H26N4O2/c35-27-18-33(15-14-20-17-31-24-12-6-4-10-21(20)24)30(36)26-16-23-22-11-5-7-13-25(22)32-28(23)29(34(26)27)19-8-2-1-3-9-19/h1-13,17,26,29,31-32H,14-16,18H2/t26-,29+/m0/s1. The van der Waals surface area contributed by atoms with Gasteiger partial charge in [-0.3, -0.25) is 9.59 Å². The number of hydrogen-bond acceptors (Lipinski definition) is 2. The van der Waals surface area contributed by atoms with Gasteiger partial charge in [0, 0.05) is 46.7 Å². The molecule has 0 aliphatic carbocycles. The van der Waals surface area contributed by atoms with E-state index in [9.17, 15) is 9.59 Å². The molecule has 3 aromatic carbocycles. The van der Waals surface area contributed by atoms with Gasteiger partial charge in [0.1, 0.15) is 6.04 Å². The summed E-state index contributed by atoms with van der Waals surface area (Å²) in [5.74, 6) is 0.0305. The van der Waals surface area contributed by atoms with E-state index in [2.05, 4.69) is 34.2 Å². The van der Waals surface area contributed by atoms with E-state index in [4.69, 9.17) is 0 Å². The molecule has 178 valence electrons. The molecule has 6 nitrogen and oxygen atoms in total. The number of fused-ring (bicyclic) bond motifs is 5.